The Kier molecular flexibility index (Phi) is 7.57. The van der Waals surface area contributed by atoms with Crippen molar-refractivity contribution in [2.45, 2.75) is 6.92 Å². The minimum absolute atomic E-state index is 0.00558. The number of nitrogens with one attached hydrogen (secondary N) is 2. The van der Waals surface area contributed by atoms with Crippen LogP contribution in [-0.2, 0) is 4.74 Å². The number of carbonyl (C=O) groups excluding carboxylic acids is 2. The molecule has 31 heavy (non-hydrogen) atoms. The molecule has 7 nitrogen and oxygen atoms in total. The normalized spacial score (nSPS) is 10.8. The van der Waals surface area contributed by atoms with E-state index in [-0.39, 0.29) is 28.8 Å². The van der Waals surface area contributed by atoms with E-state index in [2.05, 4.69) is 15.8 Å². The third-order valence-corrected chi connectivity index (χ3v) is 4.75. The van der Waals surface area contributed by atoms with Crippen LogP contribution < -0.4 is 10.7 Å². The first-order chi connectivity index (χ1) is 14.9. The van der Waals surface area contributed by atoms with Crippen LogP contribution in [0.3, 0.4) is 0 Å². The first-order valence-electron chi connectivity index (χ1n) is 9.00. The third kappa shape index (κ3) is 5.79. The summed E-state index contributed by atoms with van der Waals surface area (Å²) in [6.45, 7) is 1.82. The summed E-state index contributed by atoms with van der Waals surface area (Å²) < 4.78 is 10.7. The van der Waals surface area contributed by atoms with Crippen molar-refractivity contribution in [1.82, 2.24) is 5.43 Å². The van der Waals surface area contributed by atoms with Gasteiger partial charge in [0.1, 0.15) is 10.6 Å². The number of furan rings is 1. The Morgan fingerprint density at radius 3 is 2.52 bits per heavy atom. The zero-order valence-corrected chi connectivity index (χ0v) is 18.4. The Bertz CT molecular complexity index is 1130. The molecule has 0 saturated heterocycles. The fraction of sp³-hybridized carbons (Fsp3) is 0.0952. The summed E-state index contributed by atoms with van der Waals surface area (Å²) in [5, 5.41) is 7.77. The van der Waals surface area contributed by atoms with E-state index in [1.807, 2.05) is 0 Å². The van der Waals surface area contributed by atoms with Gasteiger partial charge in [0, 0.05) is 21.3 Å². The molecule has 0 aliphatic rings. The van der Waals surface area contributed by atoms with Gasteiger partial charge in [-0.1, -0.05) is 40.9 Å². The Morgan fingerprint density at radius 1 is 1.10 bits per heavy atom. The van der Waals surface area contributed by atoms with E-state index in [0.717, 1.165) is 0 Å². The SMILES string of the molecule is CCOC(=O)c1c(Nc2cccc(Cl)c2)oc(/C=N\NC(=O)c2ccc(Cl)cc2)c1Cl. The van der Waals surface area contributed by atoms with E-state index < -0.39 is 11.9 Å². The second-order valence-corrected chi connectivity index (χ2v) is 7.30. The summed E-state index contributed by atoms with van der Waals surface area (Å²) >= 11 is 18.1. The average molecular weight is 481 g/mol. The Labute approximate surface area is 192 Å². The van der Waals surface area contributed by atoms with E-state index in [9.17, 15) is 9.59 Å². The number of ether oxygens (including phenoxy) is 1. The van der Waals surface area contributed by atoms with Crippen molar-refractivity contribution >= 4 is 64.5 Å². The zero-order valence-electron chi connectivity index (χ0n) is 16.1. The molecule has 2 aromatic carbocycles. The van der Waals surface area contributed by atoms with Gasteiger partial charge in [-0.05, 0) is 49.4 Å². The first kappa shape index (κ1) is 22.7. The zero-order chi connectivity index (χ0) is 22.4. The molecule has 3 rings (SSSR count). The Morgan fingerprint density at radius 2 is 1.84 bits per heavy atom. The van der Waals surface area contributed by atoms with E-state index in [1.54, 1.807) is 55.5 Å². The first-order valence-corrected chi connectivity index (χ1v) is 10.1. The molecule has 160 valence electrons. The molecule has 0 atom stereocenters. The van der Waals surface area contributed by atoms with Gasteiger partial charge in [-0.15, -0.1) is 0 Å². The third-order valence-electron chi connectivity index (χ3n) is 3.89. The van der Waals surface area contributed by atoms with Crippen molar-refractivity contribution in [2.75, 3.05) is 11.9 Å². The number of benzene rings is 2. The van der Waals surface area contributed by atoms with Crippen LogP contribution in [0.25, 0.3) is 0 Å². The summed E-state index contributed by atoms with van der Waals surface area (Å²) in [6, 6.07) is 13.1. The van der Waals surface area contributed by atoms with Crippen molar-refractivity contribution in [2.24, 2.45) is 5.10 Å². The van der Waals surface area contributed by atoms with Crippen molar-refractivity contribution in [3.8, 4) is 0 Å². The second-order valence-electron chi connectivity index (χ2n) is 6.05. The van der Waals surface area contributed by atoms with E-state index in [4.69, 9.17) is 44.0 Å². The molecule has 3 aromatic rings. The monoisotopic (exact) mass is 479 g/mol. The van der Waals surface area contributed by atoms with Gasteiger partial charge in [0.15, 0.2) is 5.76 Å². The standard InChI is InChI=1S/C21H16Cl3N3O4/c1-2-30-21(29)17-18(24)16(31-20(17)26-15-5-3-4-14(23)10-15)11-25-27-19(28)12-6-8-13(22)9-7-12/h3-11,26H,2H2,1H3,(H,27,28)/b25-11-. The minimum Gasteiger partial charge on any atom is -0.462 e. The predicted molar refractivity (Wildman–Crippen MR) is 121 cm³/mol. The van der Waals surface area contributed by atoms with Crippen LogP contribution in [0.5, 0.6) is 0 Å². The van der Waals surface area contributed by atoms with Gasteiger partial charge in [0.2, 0.25) is 5.88 Å². The highest BCUT2D eigenvalue weighted by atomic mass is 35.5. The molecule has 0 aliphatic carbocycles. The van der Waals surface area contributed by atoms with E-state index in [0.29, 0.717) is 21.3 Å². The smallest absolute Gasteiger partial charge is 0.345 e. The van der Waals surface area contributed by atoms with Crippen molar-refractivity contribution in [3.63, 3.8) is 0 Å². The number of amides is 1. The maximum atomic E-state index is 12.4. The van der Waals surface area contributed by atoms with Gasteiger partial charge in [0.25, 0.3) is 5.91 Å². The molecule has 0 aliphatic heterocycles. The molecular weight excluding hydrogens is 465 g/mol. The van der Waals surface area contributed by atoms with E-state index >= 15 is 0 Å². The van der Waals surface area contributed by atoms with Crippen LogP contribution in [0.15, 0.2) is 58.0 Å². The van der Waals surface area contributed by atoms with Crippen LogP contribution in [-0.4, -0.2) is 24.7 Å². The molecule has 2 N–H and O–H groups in total. The van der Waals surface area contributed by atoms with Gasteiger partial charge in [0.05, 0.1) is 12.8 Å². The van der Waals surface area contributed by atoms with Crippen LogP contribution >= 0.6 is 34.8 Å². The van der Waals surface area contributed by atoms with Crippen LogP contribution in [0.2, 0.25) is 15.1 Å². The number of hydrogen-bond donors (Lipinski definition) is 2. The van der Waals surface area contributed by atoms with Gasteiger partial charge in [-0.3, -0.25) is 4.79 Å². The number of rotatable bonds is 7. The highest BCUT2D eigenvalue weighted by molar-refractivity contribution is 6.36. The Hall–Kier alpha value is -3.00. The number of carbonyl (C=O) groups is 2. The molecule has 10 heteroatoms. The molecule has 0 spiro atoms. The summed E-state index contributed by atoms with van der Waals surface area (Å²) in [6.07, 6.45) is 1.18. The van der Waals surface area contributed by atoms with Crippen LogP contribution in [0.4, 0.5) is 11.6 Å². The minimum atomic E-state index is -0.675. The van der Waals surface area contributed by atoms with Crippen molar-refractivity contribution in [1.29, 1.82) is 0 Å². The molecule has 1 amide bonds. The largest absolute Gasteiger partial charge is 0.462 e. The highest BCUT2D eigenvalue weighted by Gasteiger charge is 2.25. The quantitative estimate of drug-likeness (QED) is 0.249. The lowest BCUT2D eigenvalue weighted by Crippen LogP contribution is -2.17. The summed E-state index contributed by atoms with van der Waals surface area (Å²) in [5.74, 6) is -1.04. The van der Waals surface area contributed by atoms with Crippen LogP contribution in [0, 0.1) is 0 Å². The topological polar surface area (TPSA) is 92.9 Å². The molecule has 1 heterocycles. The number of halogens is 3. The summed E-state index contributed by atoms with van der Waals surface area (Å²) in [7, 11) is 0. The summed E-state index contributed by atoms with van der Waals surface area (Å²) in [5.41, 5.74) is 3.28. The molecule has 1 aromatic heterocycles. The molecular formula is C21H16Cl3N3O4. The number of nitrogens with zero attached hydrogens (tertiary/aromatic N) is 1. The Balaban J connectivity index is 1.84. The molecule has 0 saturated carbocycles. The van der Waals surface area contributed by atoms with Crippen LogP contribution in [0.1, 0.15) is 33.4 Å². The lowest BCUT2D eigenvalue weighted by Gasteiger charge is -2.06. The second kappa shape index (κ2) is 10.3. The number of hydrogen-bond acceptors (Lipinski definition) is 6. The maximum Gasteiger partial charge on any atom is 0.345 e. The fourth-order valence-electron chi connectivity index (χ4n) is 2.50. The lowest BCUT2D eigenvalue weighted by atomic mass is 10.2. The molecule has 0 fully saturated rings. The number of hydrazone groups is 1. The van der Waals surface area contributed by atoms with Crippen molar-refractivity contribution < 1.29 is 18.7 Å². The van der Waals surface area contributed by atoms with Gasteiger partial charge < -0.3 is 14.5 Å². The van der Waals surface area contributed by atoms with Gasteiger partial charge in [-0.25, -0.2) is 10.2 Å². The molecule has 0 unspecified atom stereocenters. The molecule has 0 bridgehead atoms. The maximum absolute atomic E-state index is 12.4. The average Bonchev–Trinajstić information content (AvgIpc) is 3.03. The molecule has 0 radical (unpaired) electrons. The van der Waals surface area contributed by atoms with E-state index in [1.165, 1.54) is 6.21 Å². The number of anilines is 2. The summed E-state index contributed by atoms with van der Waals surface area (Å²) in [4.78, 5) is 24.5. The fourth-order valence-corrected chi connectivity index (χ4v) is 3.06. The predicted octanol–water partition coefficient (Wildman–Crippen LogP) is 5.92. The van der Waals surface area contributed by atoms with Gasteiger partial charge in [-0.2, -0.15) is 5.10 Å². The number of esters is 1. The van der Waals surface area contributed by atoms with Crippen molar-refractivity contribution in [3.05, 3.63) is 80.5 Å². The van der Waals surface area contributed by atoms with Gasteiger partial charge >= 0.3 is 5.97 Å². The highest BCUT2D eigenvalue weighted by Crippen LogP contribution is 2.34. The lowest BCUT2D eigenvalue weighted by molar-refractivity contribution is 0.0527.